The molecular formula is C12H12ClNO. The first-order valence-corrected chi connectivity index (χ1v) is 5.18. The van der Waals surface area contributed by atoms with Crippen molar-refractivity contribution in [1.82, 2.24) is 5.32 Å². The number of hydrogen-bond donors (Lipinski definition) is 1. The van der Waals surface area contributed by atoms with E-state index in [2.05, 4.69) is 11.9 Å². The summed E-state index contributed by atoms with van der Waals surface area (Å²) in [4.78, 5) is 0. The van der Waals surface area contributed by atoms with Crippen LogP contribution >= 0.6 is 11.6 Å². The monoisotopic (exact) mass is 221 g/mol. The number of fused-ring (bicyclic) bond motifs is 1. The molecular weight excluding hydrogens is 210 g/mol. The van der Waals surface area contributed by atoms with Gasteiger partial charge in [0, 0.05) is 24.0 Å². The number of rotatable bonds is 4. The van der Waals surface area contributed by atoms with E-state index in [9.17, 15) is 0 Å². The zero-order valence-corrected chi connectivity index (χ0v) is 9.05. The van der Waals surface area contributed by atoms with Crippen molar-refractivity contribution in [2.75, 3.05) is 6.54 Å². The smallest absolute Gasteiger partial charge is 0.199 e. The van der Waals surface area contributed by atoms with E-state index < -0.39 is 0 Å². The van der Waals surface area contributed by atoms with Crippen molar-refractivity contribution in [2.24, 2.45) is 0 Å². The number of nitrogens with one attached hydrogen (secondary N) is 1. The van der Waals surface area contributed by atoms with Gasteiger partial charge in [-0.25, -0.2) is 0 Å². The van der Waals surface area contributed by atoms with Crippen molar-refractivity contribution in [2.45, 2.75) is 6.54 Å². The van der Waals surface area contributed by atoms with Gasteiger partial charge >= 0.3 is 0 Å². The third-order valence-corrected chi connectivity index (χ3v) is 2.54. The molecule has 0 fully saturated rings. The quantitative estimate of drug-likeness (QED) is 0.633. The van der Waals surface area contributed by atoms with Crippen LogP contribution in [0.5, 0.6) is 0 Å². The lowest BCUT2D eigenvalue weighted by molar-refractivity contribution is 0.608. The summed E-state index contributed by atoms with van der Waals surface area (Å²) in [6.07, 6.45) is 1.82. The molecule has 0 aliphatic heterocycles. The SMILES string of the molecule is C=CCNCc1c(Cl)oc2ccccc12. The highest BCUT2D eigenvalue weighted by molar-refractivity contribution is 6.30. The maximum Gasteiger partial charge on any atom is 0.199 e. The molecule has 1 heterocycles. The molecule has 15 heavy (non-hydrogen) atoms. The number of hydrogen-bond acceptors (Lipinski definition) is 2. The van der Waals surface area contributed by atoms with Crippen LogP contribution in [-0.4, -0.2) is 6.54 Å². The lowest BCUT2D eigenvalue weighted by Gasteiger charge is -1.99. The fourth-order valence-corrected chi connectivity index (χ4v) is 1.78. The van der Waals surface area contributed by atoms with E-state index in [-0.39, 0.29) is 0 Å². The molecule has 0 unspecified atom stereocenters. The Kier molecular flexibility index (Phi) is 3.09. The Labute approximate surface area is 93.5 Å². The van der Waals surface area contributed by atoms with Gasteiger partial charge in [-0.1, -0.05) is 24.3 Å². The standard InChI is InChI=1S/C12H12ClNO/c1-2-7-14-8-10-9-5-3-4-6-11(9)15-12(10)13/h2-6,14H,1,7-8H2. The molecule has 0 aliphatic carbocycles. The zero-order valence-electron chi connectivity index (χ0n) is 8.29. The van der Waals surface area contributed by atoms with Crippen molar-refractivity contribution in [3.05, 3.63) is 47.7 Å². The summed E-state index contributed by atoms with van der Waals surface area (Å²) in [7, 11) is 0. The molecule has 2 nitrogen and oxygen atoms in total. The zero-order chi connectivity index (χ0) is 10.7. The first kappa shape index (κ1) is 10.3. The second-order valence-corrected chi connectivity index (χ2v) is 3.61. The van der Waals surface area contributed by atoms with Crippen LogP contribution in [0.4, 0.5) is 0 Å². The van der Waals surface area contributed by atoms with E-state index in [4.69, 9.17) is 16.0 Å². The van der Waals surface area contributed by atoms with E-state index in [1.165, 1.54) is 0 Å². The molecule has 0 bridgehead atoms. The van der Waals surface area contributed by atoms with E-state index >= 15 is 0 Å². The highest BCUT2D eigenvalue weighted by atomic mass is 35.5. The molecule has 0 saturated carbocycles. The van der Waals surface area contributed by atoms with Crippen molar-refractivity contribution in [1.29, 1.82) is 0 Å². The lowest BCUT2D eigenvalue weighted by Crippen LogP contribution is -2.12. The van der Waals surface area contributed by atoms with Gasteiger partial charge in [-0.3, -0.25) is 0 Å². The van der Waals surface area contributed by atoms with Crippen LogP contribution in [0.25, 0.3) is 11.0 Å². The maximum atomic E-state index is 6.01. The van der Waals surface area contributed by atoms with Gasteiger partial charge in [-0.2, -0.15) is 0 Å². The molecule has 2 rings (SSSR count). The lowest BCUT2D eigenvalue weighted by atomic mass is 10.2. The highest BCUT2D eigenvalue weighted by Crippen LogP contribution is 2.29. The Hall–Kier alpha value is -1.25. The summed E-state index contributed by atoms with van der Waals surface area (Å²) >= 11 is 6.01. The minimum absolute atomic E-state index is 0.466. The van der Waals surface area contributed by atoms with Crippen LogP contribution in [0.2, 0.25) is 5.22 Å². The predicted octanol–water partition coefficient (Wildman–Crippen LogP) is 3.36. The fraction of sp³-hybridized carbons (Fsp3) is 0.167. The average Bonchev–Trinajstić information content (AvgIpc) is 2.56. The molecule has 0 saturated heterocycles. The van der Waals surface area contributed by atoms with Gasteiger partial charge in [0.15, 0.2) is 5.22 Å². The van der Waals surface area contributed by atoms with Gasteiger partial charge < -0.3 is 9.73 Å². The molecule has 0 aliphatic rings. The largest absolute Gasteiger partial charge is 0.444 e. The van der Waals surface area contributed by atoms with Crippen LogP contribution < -0.4 is 5.32 Å². The van der Waals surface area contributed by atoms with Gasteiger partial charge in [0.2, 0.25) is 0 Å². The number of benzene rings is 1. The molecule has 1 aromatic heterocycles. The maximum absolute atomic E-state index is 6.01. The van der Waals surface area contributed by atoms with Crippen LogP contribution in [0, 0.1) is 0 Å². The van der Waals surface area contributed by atoms with E-state index in [1.54, 1.807) is 0 Å². The van der Waals surface area contributed by atoms with Crippen molar-refractivity contribution in [3.8, 4) is 0 Å². The van der Waals surface area contributed by atoms with Gasteiger partial charge in [-0.15, -0.1) is 6.58 Å². The van der Waals surface area contributed by atoms with E-state index in [0.717, 1.165) is 23.1 Å². The normalized spacial score (nSPS) is 10.7. The summed E-state index contributed by atoms with van der Waals surface area (Å²) < 4.78 is 5.43. The van der Waals surface area contributed by atoms with Crippen molar-refractivity contribution >= 4 is 22.6 Å². The molecule has 0 atom stereocenters. The van der Waals surface area contributed by atoms with Gasteiger partial charge in [0.25, 0.3) is 0 Å². The molecule has 1 aromatic carbocycles. The van der Waals surface area contributed by atoms with E-state index in [1.807, 2.05) is 30.3 Å². The third kappa shape index (κ3) is 2.06. The summed E-state index contributed by atoms with van der Waals surface area (Å²) in [6, 6.07) is 7.84. The van der Waals surface area contributed by atoms with Crippen LogP contribution in [0.15, 0.2) is 41.3 Å². The predicted molar refractivity (Wildman–Crippen MR) is 63.1 cm³/mol. The summed E-state index contributed by atoms with van der Waals surface area (Å²) in [5.41, 5.74) is 1.84. The number of furan rings is 1. The molecule has 0 spiro atoms. The molecule has 0 radical (unpaired) electrons. The molecule has 2 aromatic rings. The topological polar surface area (TPSA) is 25.2 Å². The average molecular weight is 222 g/mol. The Morgan fingerprint density at radius 1 is 1.40 bits per heavy atom. The fourth-order valence-electron chi connectivity index (χ4n) is 1.53. The third-order valence-electron chi connectivity index (χ3n) is 2.24. The molecule has 78 valence electrons. The summed E-state index contributed by atoms with van der Waals surface area (Å²) in [6.45, 7) is 5.10. The second kappa shape index (κ2) is 4.51. The Bertz CT molecular complexity index is 475. The van der Waals surface area contributed by atoms with Crippen LogP contribution in [0.1, 0.15) is 5.56 Å². The first-order valence-electron chi connectivity index (χ1n) is 4.80. The number of halogens is 1. The summed E-state index contributed by atoms with van der Waals surface area (Å²) in [5, 5.41) is 4.74. The minimum atomic E-state index is 0.466. The molecule has 1 N–H and O–H groups in total. The van der Waals surface area contributed by atoms with Crippen LogP contribution in [0.3, 0.4) is 0 Å². The van der Waals surface area contributed by atoms with Gasteiger partial charge in [0.1, 0.15) is 5.58 Å². The number of para-hydroxylation sites is 1. The highest BCUT2D eigenvalue weighted by Gasteiger charge is 2.10. The first-order chi connectivity index (χ1) is 7.33. The molecule has 0 amide bonds. The van der Waals surface area contributed by atoms with E-state index in [0.29, 0.717) is 11.8 Å². The minimum Gasteiger partial charge on any atom is -0.444 e. The Morgan fingerprint density at radius 3 is 3.00 bits per heavy atom. The Morgan fingerprint density at radius 2 is 2.20 bits per heavy atom. The van der Waals surface area contributed by atoms with Crippen molar-refractivity contribution in [3.63, 3.8) is 0 Å². The molecule has 3 heteroatoms. The van der Waals surface area contributed by atoms with Crippen LogP contribution in [-0.2, 0) is 6.54 Å². The van der Waals surface area contributed by atoms with Crippen molar-refractivity contribution < 1.29 is 4.42 Å². The Balaban J connectivity index is 2.32. The van der Waals surface area contributed by atoms with Gasteiger partial charge in [0.05, 0.1) is 0 Å². The van der Waals surface area contributed by atoms with Gasteiger partial charge in [-0.05, 0) is 17.7 Å². The second-order valence-electron chi connectivity index (χ2n) is 3.27. The summed E-state index contributed by atoms with van der Waals surface area (Å²) in [5.74, 6) is 0.